The number of oxime groups is 1. The second-order valence-electron chi connectivity index (χ2n) is 4.56. The van der Waals surface area contributed by atoms with Crippen LogP contribution in [-0.2, 0) is 4.74 Å². The molecule has 1 aliphatic carbocycles. The maximum atomic E-state index is 8.89. The van der Waals surface area contributed by atoms with Crippen LogP contribution in [-0.4, -0.2) is 37.3 Å². The second-order valence-corrected chi connectivity index (χ2v) is 5.00. The second kappa shape index (κ2) is 6.12. The highest BCUT2D eigenvalue weighted by Gasteiger charge is 2.30. The van der Waals surface area contributed by atoms with Gasteiger partial charge in [-0.15, -0.1) is 0 Å². The summed E-state index contributed by atoms with van der Waals surface area (Å²) in [5, 5.41) is 12.5. The van der Waals surface area contributed by atoms with Gasteiger partial charge in [0.15, 0.2) is 5.84 Å². The molecule has 6 heteroatoms. The van der Waals surface area contributed by atoms with Crippen molar-refractivity contribution in [1.29, 1.82) is 0 Å². The number of rotatable bonds is 6. The Kier molecular flexibility index (Phi) is 4.50. The van der Waals surface area contributed by atoms with Gasteiger partial charge in [-0.1, -0.05) is 16.8 Å². The Morgan fingerprint density at radius 3 is 2.89 bits per heavy atom. The summed E-state index contributed by atoms with van der Waals surface area (Å²) >= 11 is 5.99. The fraction of sp³-hybridized carbons (Fsp3) is 0.462. The molecule has 1 saturated carbocycles. The van der Waals surface area contributed by atoms with Crippen LogP contribution in [0.1, 0.15) is 18.4 Å². The molecule has 0 aromatic heterocycles. The van der Waals surface area contributed by atoms with Crippen LogP contribution in [0.4, 0.5) is 5.69 Å². The van der Waals surface area contributed by atoms with Gasteiger partial charge in [0.2, 0.25) is 0 Å². The third kappa shape index (κ3) is 3.30. The van der Waals surface area contributed by atoms with Gasteiger partial charge in [0, 0.05) is 36.0 Å². The standard InChI is InChI=1S/C13H18ClN3O2/c1-19-7-6-17(10-3-4-10)12-5-2-9(14)8-11(12)13(15)16-18/h2,5,8,10,18H,3-4,6-7H2,1H3,(H2,15,16). The third-order valence-electron chi connectivity index (χ3n) is 3.18. The molecule has 0 bridgehead atoms. The molecule has 19 heavy (non-hydrogen) atoms. The van der Waals surface area contributed by atoms with Crippen LogP contribution in [0, 0.1) is 0 Å². The molecular weight excluding hydrogens is 266 g/mol. The Morgan fingerprint density at radius 1 is 1.58 bits per heavy atom. The van der Waals surface area contributed by atoms with Crippen LogP contribution in [0.15, 0.2) is 23.4 Å². The number of halogens is 1. The Labute approximate surface area is 117 Å². The number of hydrogen-bond acceptors (Lipinski definition) is 4. The molecule has 1 aliphatic rings. The maximum Gasteiger partial charge on any atom is 0.172 e. The Hall–Kier alpha value is -1.46. The maximum absolute atomic E-state index is 8.89. The minimum atomic E-state index is 0.0700. The Balaban J connectivity index is 2.35. The lowest BCUT2D eigenvalue weighted by Crippen LogP contribution is -2.31. The lowest BCUT2D eigenvalue weighted by molar-refractivity contribution is 0.205. The highest BCUT2D eigenvalue weighted by Crippen LogP contribution is 2.34. The molecule has 1 fully saturated rings. The summed E-state index contributed by atoms with van der Waals surface area (Å²) in [7, 11) is 1.68. The van der Waals surface area contributed by atoms with Crippen molar-refractivity contribution in [1.82, 2.24) is 0 Å². The van der Waals surface area contributed by atoms with Gasteiger partial charge in [-0.25, -0.2) is 0 Å². The molecule has 0 spiro atoms. The van der Waals surface area contributed by atoms with Gasteiger partial charge >= 0.3 is 0 Å². The number of anilines is 1. The number of methoxy groups -OCH3 is 1. The number of amidine groups is 1. The first-order valence-corrected chi connectivity index (χ1v) is 6.58. The van der Waals surface area contributed by atoms with Gasteiger partial charge in [-0.2, -0.15) is 0 Å². The molecule has 2 rings (SSSR count). The average Bonchev–Trinajstić information content (AvgIpc) is 3.24. The zero-order valence-electron chi connectivity index (χ0n) is 10.8. The lowest BCUT2D eigenvalue weighted by Gasteiger charge is -2.26. The largest absolute Gasteiger partial charge is 0.409 e. The molecule has 1 aromatic rings. The number of nitrogens with two attached hydrogens (primary N) is 1. The highest BCUT2D eigenvalue weighted by atomic mass is 35.5. The van der Waals surface area contributed by atoms with Crippen molar-refractivity contribution in [3.05, 3.63) is 28.8 Å². The highest BCUT2D eigenvalue weighted by molar-refractivity contribution is 6.31. The number of benzene rings is 1. The van der Waals surface area contributed by atoms with Gasteiger partial charge < -0.3 is 20.6 Å². The summed E-state index contributed by atoms with van der Waals surface area (Å²) in [5.41, 5.74) is 7.32. The molecule has 3 N–H and O–H groups in total. The normalized spacial score (nSPS) is 15.6. The van der Waals surface area contributed by atoms with E-state index in [1.807, 2.05) is 12.1 Å². The minimum absolute atomic E-state index is 0.0700. The van der Waals surface area contributed by atoms with Crippen molar-refractivity contribution in [2.75, 3.05) is 25.2 Å². The van der Waals surface area contributed by atoms with Gasteiger partial charge in [0.25, 0.3) is 0 Å². The Bertz CT molecular complexity index is 475. The third-order valence-corrected chi connectivity index (χ3v) is 3.41. The van der Waals surface area contributed by atoms with Crippen molar-refractivity contribution >= 4 is 23.1 Å². The van der Waals surface area contributed by atoms with Crippen molar-refractivity contribution in [2.45, 2.75) is 18.9 Å². The smallest absolute Gasteiger partial charge is 0.172 e. The predicted octanol–water partition coefficient (Wildman–Crippen LogP) is 2.05. The molecule has 0 amide bonds. The fourth-order valence-corrected chi connectivity index (χ4v) is 2.27. The van der Waals surface area contributed by atoms with Crippen molar-refractivity contribution in [3.8, 4) is 0 Å². The Morgan fingerprint density at radius 2 is 2.32 bits per heavy atom. The van der Waals surface area contributed by atoms with Crippen LogP contribution in [0.25, 0.3) is 0 Å². The zero-order chi connectivity index (χ0) is 13.8. The van der Waals surface area contributed by atoms with Crippen molar-refractivity contribution in [3.63, 3.8) is 0 Å². The summed E-state index contributed by atoms with van der Waals surface area (Å²) in [5.74, 6) is 0.0700. The topological polar surface area (TPSA) is 71.1 Å². The van der Waals surface area contributed by atoms with Crippen LogP contribution in [0.3, 0.4) is 0 Å². The van der Waals surface area contributed by atoms with Gasteiger partial charge in [-0.3, -0.25) is 0 Å². The zero-order valence-corrected chi connectivity index (χ0v) is 11.6. The van der Waals surface area contributed by atoms with E-state index in [2.05, 4.69) is 10.1 Å². The lowest BCUT2D eigenvalue weighted by atomic mass is 10.1. The van der Waals surface area contributed by atoms with E-state index >= 15 is 0 Å². The van der Waals surface area contributed by atoms with E-state index in [9.17, 15) is 0 Å². The van der Waals surface area contributed by atoms with Crippen LogP contribution in [0.5, 0.6) is 0 Å². The number of hydrogen-bond donors (Lipinski definition) is 2. The summed E-state index contributed by atoms with van der Waals surface area (Å²) in [6, 6.07) is 5.94. The molecule has 1 aromatic carbocycles. The van der Waals surface area contributed by atoms with Gasteiger partial charge in [0.1, 0.15) is 0 Å². The van der Waals surface area contributed by atoms with Crippen LogP contribution in [0.2, 0.25) is 5.02 Å². The first kappa shape index (κ1) is 14.0. The SMILES string of the molecule is COCCN(c1ccc(Cl)cc1C(N)=NO)C1CC1. The first-order chi connectivity index (χ1) is 9.17. The van der Waals surface area contributed by atoms with Crippen molar-refractivity contribution < 1.29 is 9.94 Å². The summed E-state index contributed by atoms with van der Waals surface area (Å²) in [6.07, 6.45) is 2.31. The van der Waals surface area contributed by atoms with E-state index in [0.29, 0.717) is 23.2 Å². The predicted molar refractivity (Wildman–Crippen MR) is 76.2 cm³/mol. The quantitative estimate of drug-likeness (QED) is 0.363. The molecule has 0 aliphatic heterocycles. The molecular formula is C13H18ClN3O2. The summed E-state index contributed by atoms with van der Waals surface area (Å²) in [6.45, 7) is 1.41. The first-order valence-electron chi connectivity index (χ1n) is 6.20. The van der Waals surface area contributed by atoms with E-state index in [-0.39, 0.29) is 5.84 Å². The molecule has 0 heterocycles. The molecule has 0 saturated heterocycles. The van der Waals surface area contributed by atoms with Crippen LogP contribution < -0.4 is 10.6 Å². The molecule has 0 atom stereocenters. The average molecular weight is 284 g/mol. The number of ether oxygens (including phenoxy) is 1. The van der Waals surface area contributed by atoms with Crippen LogP contribution >= 0.6 is 11.6 Å². The molecule has 104 valence electrons. The van der Waals surface area contributed by atoms with Gasteiger partial charge in [-0.05, 0) is 31.0 Å². The van der Waals surface area contributed by atoms with E-state index in [1.165, 1.54) is 0 Å². The fourth-order valence-electron chi connectivity index (χ4n) is 2.09. The van der Waals surface area contributed by atoms with E-state index in [1.54, 1.807) is 13.2 Å². The summed E-state index contributed by atoms with van der Waals surface area (Å²) in [4.78, 5) is 2.23. The molecule has 5 nitrogen and oxygen atoms in total. The van der Waals surface area contributed by atoms with E-state index < -0.39 is 0 Å². The summed E-state index contributed by atoms with van der Waals surface area (Å²) < 4.78 is 5.14. The number of nitrogens with zero attached hydrogens (tertiary/aromatic N) is 2. The molecule has 0 unspecified atom stereocenters. The molecule has 0 radical (unpaired) electrons. The van der Waals surface area contributed by atoms with E-state index in [0.717, 1.165) is 25.1 Å². The van der Waals surface area contributed by atoms with E-state index in [4.69, 9.17) is 27.3 Å². The monoisotopic (exact) mass is 283 g/mol. The van der Waals surface area contributed by atoms with Crippen molar-refractivity contribution in [2.24, 2.45) is 10.9 Å². The van der Waals surface area contributed by atoms with Gasteiger partial charge in [0.05, 0.1) is 6.61 Å². The minimum Gasteiger partial charge on any atom is -0.409 e.